The van der Waals surface area contributed by atoms with E-state index >= 15 is 0 Å². The van der Waals surface area contributed by atoms with Crippen LogP contribution in [0.4, 0.5) is 4.79 Å². The highest BCUT2D eigenvalue weighted by Gasteiger charge is 2.33. The summed E-state index contributed by atoms with van der Waals surface area (Å²) in [7, 11) is 0. The molecule has 6 nitrogen and oxygen atoms in total. The van der Waals surface area contributed by atoms with Crippen molar-refractivity contribution in [1.29, 1.82) is 0 Å². The molecule has 3 amide bonds. The molecule has 0 aromatic heterocycles. The van der Waals surface area contributed by atoms with Crippen molar-refractivity contribution in [2.45, 2.75) is 6.54 Å². The Hall–Kier alpha value is -2.80. The van der Waals surface area contributed by atoms with Crippen molar-refractivity contribution in [2.24, 2.45) is 0 Å². The zero-order valence-corrected chi connectivity index (χ0v) is 14.6. The molecule has 2 aliphatic heterocycles. The maximum absolute atomic E-state index is 12.5. The second-order valence-corrected chi connectivity index (χ2v) is 6.53. The third-order valence-electron chi connectivity index (χ3n) is 3.92. The first-order chi connectivity index (χ1) is 12.1. The van der Waals surface area contributed by atoms with Crippen LogP contribution in [-0.2, 0) is 11.3 Å². The van der Waals surface area contributed by atoms with Crippen LogP contribution in [-0.4, -0.2) is 23.6 Å². The molecular formula is C18H13BrN2O4. The Labute approximate surface area is 152 Å². The Morgan fingerprint density at radius 2 is 1.84 bits per heavy atom. The van der Waals surface area contributed by atoms with Crippen LogP contribution in [0.15, 0.2) is 52.6 Å². The number of carbonyl (C=O) groups is 2. The number of nitrogens with one attached hydrogen (secondary N) is 1. The van der Waals surface area contributed by atoms with Crippen molar-refractivity contribution in [2.75, 3.05) is 6.79 Å². The van der Waals surface area contributed by atoms with Crippen molar-refractivity contribution in [3.8, 4) is 11.5 Å². The number of fused-ring (bicyclic) bond motifs is 1. The minimum Gasteiger partial charge on any atom is -0.454 e. The fourth-order valence-electron chi connectivity index (χ4n) is 2.66. The Kier molecular flexibility index (Phi) is 3.93. The molecule has 1 saturated heterocycles. The van der Waals surface area contributed by atoms with Gasteiger partial charge in [-0.2, -0.15) is 0 Å². The maximum Gasteiger partial charge on any atom is 0.329 e. The molecule has 126 valence electrons. The highest BCUT2D eigenvalue weighted by Crippen LogP contribution is 2.33. The Morgan fingerprint density at radius 1 is 1.08 bits per heavy atom. The van der Waals surface area contributed by atoms with Gasteiger partial charge >= 0.3 is 6.03 Å². The number of nitrogens with zero attached hydrogens (tertiary/aromatic N) is 1. The summed E-state index contributed by atoms with van der Waals surface area (Å²) in [6.45, 7) is 0.405. The molecular weight excluding hydrogens is 388 g/mol. The second kappa shape index (κ2) is 6.25. The minimum absolute atomic E-state index is 0.187. The molecule has 0 spiro atoms. The third kappa shape index (κ3) is 3.10. The number of rotatable bonds is 3. The predicted octanol–water partition coefficient (Wildman–Crippen LogP) is 3.27. The van der Waals surface area contributed by atoms with E-state index < -0.39 is 6.03 Å². The molecule has 1 fully saturated rings. The van der Waals surface area contributed by atoms with Crippen LogP contribution in [0.5, 0.6) is 11.5 Å². The van der Waals surface area contributed by atoms with Crippen LogP contribution < -0.4 is 14.8 Å². The summed E-state index contributed by atoms with van der Waals surface area (Å²) in [5, 5.41) is 2.62. The van der Waals surface area contributed by atoms with E-state index in [4.69, 9.17) is 9.47 Å². The topological polar surface area (TPSA) is 67.9 Å². The lowest BCUT2D eigenvalue weighted by atomic mass is 10.1. The largest absolute Gasteiger partial charge is 0.454 e. The van der Waals surface area contributed by atoms with Gasteiger partial charge in [-0.15, -0.1) is 0 Å². The summed E-state index contributed by atoms with van der Waals surface area (Å²) in [4.78, 5) is 25.9. The van der Waals surface area contributed by atoms with Gasteiger partial charge in [-0.25, -0.2) is 4.79 Å². The fraction of sp³-hybridized carbons (Fsp3) is 0.111. The average molecular weight is 401 g/mol. The smallest absolute Gasteiger partial charge is 0.329 e. The molecule has 0 atom stereocenters. The lowest BCUT2D eigenvalue weighted by Crippen LogP contribution is -2.30. The lowest BCUT2D eigenvalue weighted by Gasteiger charge is -2.11. The number of amides is 3. The molecule has 0 aliphatic carbocycles. The Balaban J connectivity index is 1.55. The number of urea groups is 1. The monoisotopic (exact) mass is 400 g/mol. The summed E-state index contributed by atoms with van der Waals surface area (Å²) < 4.78 is 11.5. The van der Waals surface area contributed by atoms with E-state index in [0.717, 1.165) is 15.6 Å². The number of halogens is 1. The standard InChI is InChI=1S/C18H13BrN2O4/c19-13-4-1-11(2-5-13)9-21-17(22)14(20-18(21)23)7-12-3-6-15-16(8-12)25-10-24-15/h1-8H,9-10H2,(H,20,23)/b14-7+. The first-order valence-electron chi connectivity index (χ1n) is 7.59. The van der Waals surface area contributed by atoms with Gasteiger partial charge in [0, 0.05) is 4.47 Å². The van der Waals surface area contributed by atoms with Gasteiger partial charge in [0.2, 0.25) is 6.79 Å². The van der Waals surface area contributed by atoms with Crippen molar-refractivity contribution in [3.63, 3.8) is 0 Å². The van der Waals surface area contributed by atoms with Crippen LogP contribution >= 0.6 is 15.9 Å². The van der Waals surface area contributed by atoms with Gasteiger partial charge in [-0.05, 0) is 41.5 Å². The van der Waals surface area contributed by atoms with Crippen molar-refractivity contribution in [3.05, 3.63) is 63.8 Å². The zero-order valence-electron chi connectivity index (χ0n) is 13.0. The predicted molar refractivity (Wildman–Crippen MR) is 93.8 cm³/mol. The van der Waals surface area contributed by atoms with E-state index in [-0.39, 0.29) is 24.9 Å². The van der Waals surface area contributed by atoms with E-state index in [2.05, 4.69) is 21.2 Å². The lowest BCUT2D eigenvalue weighted by molar-refractivity contribution is -0.123. The van der Waals surface area contributed by atoms with E-state index in [1.807, 2.05) is 24.3 Å². The van der Waals surface area contributed by atoms with Gasteiger partial charge in [-0.1, -0.05) is 34.1 Å². The van der Waals surface area contributed by atoms with E-state index in [1.54, 1.807) is 24.3 Å². The molecule has 2 aromatic rings. The number of carbonyl (C=O) groups excluding carboxylic acids is 2. The number of benzene rings is 2. The van der Waals surface area contributed by atoms with E-state index in [9.17, 15) is 9.59 Å². The van der Waals surface area contributed by atoms with Crippen LogP contribution in [0.1, 0.15) is 11.1 Å². The van der Waals surface area contributed by atoms with Gasteiger partial charge in [0.25, 0.3) is 5.91 Å². The summed E-state index contributed by atoms with van der Waals surface area (Å²) in [5.41, 5.74) is 1.86. The van der Waals surface area contributed by atoms with Crippen molar-refractivity contribution < 1.29 is 19.1 Å². The molecule has 0 radical (unpaired) electrons. The molecule has 7 heteroatoms. The summed E-state index contributed by atoms with van der Waals surface area (Å²) in [6.07, 6.45) is 1.63. The quantitative estimate of drug-likeness (QED) is 0.633. The van der Waals surface area contributed by atoms with Gasteiger partial charge in [0.15, 0.2) is 11.5 Å². The highest BCUT2D eigenvalue weighted by atomic mass is 79.9. The third-order valence-corrected chi connectivity index (χ3v) is 4.45. The van der Waals surface area contributed by atoms with Gasteiger partial charge in [0.05, 0.1) is 6.54 Å². The van der Waals surface area contributed by atoms with Crippen LogP contribution in [0, 0.1) is 0 Å². The zero-order chi connectivity index (χ0) is 17.4. The molecule has 0 bridgehead atoms. The average Bonchev–Trinajstić information content (AvgIpc) is 3.16. The van der Waals surface area contributed by atoms with E-state index in [0.29, 0.717) is 11.5 Å². The fourth-order valence-corrected chi connectivity index (χ4v) is 2.92. The Morgan fingerprint density at radius 3 is 2.64 bits per heavy atom. The molecule has 25 heavy (non-hydrogen) atoms. The van der Waals surface area contributed by atoms with Crippen LogP contribution in [0.2, 0.25) is 0 Å². The molecule has 2 aliphatic rings. The summed E-state index contributed by atoms with van der Waals surface area (Å²) in [5.74, 6) is 0.934. The maximum atomic E-state index is 12.5. The molecule has 4 rings (SSSR count). The van der Waals surface area contributed by atoms with Crippen molar-refractivity contribution >= 4 is 33.9 Å². The number of ether oxygens (including phenoxy) is 2. The molecule has 0 saturated carbocycles. The minimum atomic E-state index is -0.431. The molecule has 2 aromatic carbocycles. The van der Waals surface area contributed by atoms with Gasteiger partial charge in [0.1, 0.15) is 5.70 Å². The molecule has 1 N–H and O–H groups in total. The van der Waals surface area contributed by atoms with Crippen LogP contribution in [0.25, 0.3) is 6.08 Å². The first-order valence-corrected chi connectivity index (χ1v) is 8.38. The van der Waals surface area contributed by atoms with Crippen molar-refractivity contribution in [1.82, 2.24) is 10.2 Å². The Bertz CT molecular complexity index is 892. The second-order valence-electron chi connectivity index (χ2n) is 5.62. The van der Waals surface area contributed by atoms with E-state index in [1.165, 1.54) is 4.90 Å². The molecule has 0 unspecified atom stereocenters. The van der Waals surface area contributed by atoms with Gasteiger partial charge in [-0.3, -0.25) is 9.69 Å². The number of hydrogen-bond acceptors (Lipinski definition) is 4. The summed E-state index contributed by atoms with van der Waals surface area (Å²) >= 11 is 3.36. The summed E-state index contributed by atoms with van der Waals surface area (Å²) in [6, 6.07) is 12.4. The number of hydrogen-bond donors (Lipinski definition) is 1. The molecule has 2 heterocycles. The highest BCUT2D eigenvalue weighted by molar-refractivity contribution is 9.10. The van der Waals surface area contributed by atoms with Gasteiger partial charge < -0.3 is 14.8 Å². The SMILES string of the molecule is O=C1N/C(=C/c2ccc3c(c2)OCO3)C(=O)N1Cc1ccc(Br)cc1. The number of imide groups is 1. The normalized spacial score (nSPS) is 17.3. The first kappa shape index (κ1) is 15.7. The van der Waals surface area contributed by atoms with Crippen LogP contribution in [0.3, 0.4) is 0 Å².